The minimum Gasteiger partial charge on any atom is -0.269 e. The van der Waals surface area contributed by atoms with Gasteiger partial charge in [0, 0.05) is 0 Å². The molecular formula is C7H17F. The van der Waals surface area contributed by atoms with E-state index in [0.717, 1.165) is 0 Å². The van der Waals surface area contributed by atoms with Crippen LogP contribution in [0.25, 0.3) is 0 Å². The molecule has 52 valence electrons. The first-order valence-electron chi connectivity index (χ1n) is 2.90. The van der Waals surface area contributed by atoms with Crippen LogP contribution >= 0.6 is 0 Å². The molecule has 0 radical (unpaired) electrons. The first-order chi connectivity index (χ1) is 3.33. The number of halogens is 1. The fraction of sp³-hybridized carbons (Fsp3) is 0.714. The quantitative estimate of drug-likeness (QED) is 0.466. The molecule has 0 aliphatic heterocycles. The van der Waals surface area contributed by atoms with Crippen LogP contribution in [0.1, 0.15) is 33.6 Å². The molecule has 0 amide bonds. The maximum absolute atomic E-state index is 3.36. The highest BCUT2D eigenvalue weighted by Gasteiger charge is 1.56. The Hall–Kier alpha value is -0.330. The van der Waals surface area contributed by atoms with Gasteiger partial charge in [0.2, 0.25) is 0 Å². The van der Waals surface area contributed by atoms with Crippen molar-refractivity contribution < 1.29 is 4.70 Å². The molecule has 0 aliphatic carbocycles. The normalized spacial score (nSPS) is 5.38. The summed E-state index contributed by atoms with van der Waals surface area (Å²) in [5.41, 5.74) is 0. The highest BCUT2D eigenvalue weighted by Crippen LogP contribution is 1.76. The molecule has 0 fully saturated rings. The summed E-state index contributed by atoms with van der Waals surface area (Å²) in [6.07, 6.45) is 4.39. The topological polar surface area (TPSA) is 0 Å². The number of hydrogen-bond donors (Lipinski definition) is 0. The number of hydrogen-bond acceptors (Lipinski definition) is 0. The molecule has 0 aromatic carbocycles. The SMILES string of the molecule is C=CC.CCCC.F. The lowest BCUT2D eigenvalue weighted by molar-refractivity contribution is 0.886. The van der Waals surface area contributed by atoms with Crippen LogP contribution in [0.15, 0.2) is 12.7 Å². The summed E-state index contributed by atoms with van der Waals surface area (Å²) < 4.78 is 0. The molecule has 0 aromatic heterocycles. The Morgan fingerprint density at radius 2 is 1.38 bits per heavy atom. The second-order valence-electron chi connectivity index (χ2n) is 1.41. The van der Waals surface area contributed by atoms with Crippen molar-refractivity contribution in [3.8, 4) is 0 Å². The first kappa shape index (κ1) is 15.6. The minimum atomic E-state index is 0. The molecule has 0 unspecified atom stereocenters. The zero-order valence-corrected chi connectivity index (χ0v) is 6.11. The number of rotatable bonds is 1. The molecule has 0 heterocycles. The van der Waals surface area contributed by atoms with Crippen LogP contribution in [0, 0.1) is 0 Å². The van der Waals surface area contributed by atoms with Gasteiger partial charge in [0.05, 0.1) is 0 Å². The Morgan fingerprint density at radius 1 is 1.25 bits per heavy atom. The maximum Gasteiger partial charge on any atom is -0.0473 e. The van der Waals surface area contributed by atoms with Crippen molar-refractivity contribution in [3.05, 3.63) is 12.7 Å². The van der Waals surface area contributed by atoms with Gasteiger partial charge in [-0.2, -0.15) is 0 Å². The predicted molar refractivity (Wildman–Crippen MR) is 39.0 cm³/mol. The van der Waals surface area contributed by atoms with Crippen molar-refractivity contribution in [3.63, 3.8) is 0 Å². The van der Waals surface area contributed by atoms with Crippen molar-refractivity contribution in [2.75, 3.05) is 0 Å². The van der Waals surface area contributed by atoms with E-state index in [4.69, 9.17) is 0 Å². The first-order valence-corrected chi connectivity index (χ1v) is 2.90. The van der Waals surface area contributed by atoms with Crippen LogP contribution in [0.5, 0.6) is 0 Å². The standard InChI is InChI=1S/C4H10.C3H6.FH/c1-3-4-2;1-3-2;/h3-4H2,1-2H3;3H,1H2,2H3;1H. The largest absolute Gasteiger partial charge is 0.269 e. The number of unbranched alkanes of at least 4 members (excludes halogenated alkanes) is 1. The van der Waals surface area contributed by atoms with Gasteiger partial charge in [0.25, 0.3) is 0 Å². The Bertz CT molecular complexity index is 23.6. The number of allylic oxidation sites excluding steroid dienone is 1. The smallest absolute Gasteiger partial charge is 0.0473 e. The minimum absolute atomic E-state index is 0. The van der Waals surface area contributed by atoms with Crippen molar-refractivity contribution in [2.45, 2.75) is 33.6 Å². The third-order valence-corrected chi connectivity index (χ3v) is 0.500. The Kier molecular flexibility index (Phi) is 58.8. The summed E-state index contributed by atoms with van der Waals surface area (Å²) in [6, 6.07) is 0. The highest BCUT2D eigenvalue weighted by molar-refractivity contribution is 4.51. The lowest BCUT2D eigenvalue weighted by atomic mass is 10.4. The molecule has 0 bridgehead atoms. The van der Waals surface area contributed by atoms with Gasteiger partial charge in [-0.3, -0.25) is 4.70 Å². The van der Waals surface area contributed by atoms with Gasteiger partial charge in [0.1, 0.15) is 0 Å². The van der Waals surface area contributed by atoms with Gasteiger partial charge < -0.3 is 0 Å². The van der Waals surface area contributed by atoms with Gasteiger partial charge in [-0.1, -0.05) is 32.8 Å². The molecule has 0 N–H and O–H groups in total. The summed E-state index contributed by atoms with van der Waals surface area (Å²) in [5.74, 6) is 0. The van der Waals surface area contributed by atoms with E-state index < -0.39 is 0 Å². The van der Waals surface area contributed by atoms with Crippen molar-refractivity contribution in [1.82, 2.24) is 0 Å². The molecule has 0 saturated heterocycles. The molecule has 1 heteroatoms. The van der Waals surface area contributed by atoms with Gasteiger partial charge >= 0.3 is 0 Å². The molecule has 0 rings (SSSR count). The second kappa shape index (κ2) is 30.1. The van der Waals surface area contributed by atoms with Crippen LogP contribution in [-0.4, -0.2) is 0 Å². The third kappa shape index (κ3) is 275. The lowest BCUT2D eigenvalue weighted by Gasteiger charge is -1.68. The fourth-order valence-electron chi connectivity index (χ4n) is 0. The van der Waals surface area contributed by atoms with Crippen LogP contribution in [-0.2, 0) is 0 Å². The second-order valence-corrected chi connectivity index (χ2v) is 1.41. The van der Waals surface area contributed by atoms with Gasteiger partial charge in [-0.15, -0.1) is 6.58 Å². The predicted octanol–water partition coefficient (Wildman–Crippen LogP) is 3.15. The van der Waals surface area contributed by atoms with Crippen molar-refractivity contribution in [1.29, 1.82) is 0 Å². The van der Waals surface area contributed by atoms with Crippen LogP contribution < -0.4 is 0 Å². The molecule has 8 heavy (non-hydrogen) atoms. The molecule has 0 aliphatic rings. The van der Waals surface area contributed by atoms with E-state index in [2.05, 4.69) is 20.4 Å². The summed E-state index contributed by atoms with van der Waals surface area (Å²) in [4.78, 5) is 0. The van der Waals surface area contributed by atoms with Crippen molar-refractivity contribution in [2.24, 2.45) is 0 Å². The molecule has 0 spiro atoms. The Labute approximate surface area is 52.0 Å². The molecular weight excluding hydrogens is 103 g/mol. The molecule has 0 saturated carbocycles. The van der Waals surface area contributed by atoms with E-state index in [-0.39, 0.29) is 4.70 Å². The molecule has 0 nitrogen and oxygen atoms in total. The lowest BCUT2D eigenvalue weighted by Crippen LogP contribution is -1.47. The third-order valence-electron chi connectivity index (χ3n) is 0.500. The van der Waals surface area contributed by atoms with Gasteiger partial charge in [-0.05, 0) is 6.92 Å². The average molecular weight is 120 g/mol. The highest BCUT2D eigenvalue weighted by atomic mass is 19.0. The monoisotopic (exact) mass is 120 g/mol. The zero-order chi connectivity index (χ0) is 6.12. The fourth-order valence-corrected chi connectivity index (χ4v) is 0. The van der Waals surface area contributed by atoms with Gasteiger partial charge in [-0.25, -0.2) is 0 Å². The van der Waals surface area contributed by atoms with Crippen molar-refractivity contribution >= 4 is 0 Å². The van der Waals surface area contributed by atoms with E-state index >= 15 is 0 Å². The molecule has 0 aromatic rings. The van der Waals surface area contributed by atoms with E-state index in [1.54, 1.807) is 6.08 Å². The van der Waals surface area contributed by atoms with Crippen LogP contribution in [0.3, 0.4) is 0 Å². The molecule has 0 atom stereocenters. The van der Waals surface area contributed by atoms with E-state index in [9.17, 15) is 0 Å². The summed E-state index contributed by atoms with van der Waals surface area (Å²) in [7, 11) is 0. The zero-order valence-electron chi connectivity index (χ0n) is 6.11. The maximum atomic E-state index is 3.36. The van der Waals surface area contributed by atoms with E-state index in [1.807, 2.05) is 6.92 Å². The summed E-state index contributed by atoms with van der Waals surface area (Å²) in [5, 5.41) is 0. The van der Waals surface area contributed by atoms with Gasteiger partial charge in [0.15, 0.2) is 0 Å². The Morgan fingerprint density at radius 3 is 1.38 bits per heavy atom. The summed E-state index contributed by atoms with van der Waals surface area (Å²) >= 11 is 0. The summed E-state index contributed by atoms with van der Waals surface area (Å²) in [6.45, 7) is 9.61. The van der Waals surface area contributed by atoms with Crippen LogP contribution in [0.2, 0.25) is 0 Å². The van der Waals surface area contributed by atoms with Crippen LogP contribution in [0.4, 0.5) is 4.70 Å². The van der Waals surface area contributed by atoms with E-state index in [0.29, 0.717) is 0 Å². The van der Waals surface area contributed by atoms with E-state index in [1.165, 1.54) is 12.8 Å². The Balaban J connectivity index is -0.0000000575. The average Bonchev–Trinajstić information content (AvgIpc) is 1.69.